The second-order valence-electron chi connectivity index (χ2n) is 6.05. The lowest BCUT2D eigenvalue weighted by molar-refractivity contribution is 0.0412. The first-order valence-electron chi connectivity index (χ1n) is 7.75. The van der Waals surface area contributed by atoms with Gasteiger partial charge in [0.2, 0.25) is 10.0 Å². The van der Waals surface area contributed by atoms with Gasteiger partial charge in [-0.1, -0.05) is 19.8 Å². The average molecular weight is 345 g/mol. The summed E-state index contributed by atoms with van der Waals surface area (Å²) in [7, 11) is -3.47. The maximum atomic E-state index is 12.0. The van der Waals surface area contributed by atoms with E-state index in [0.717, 1.165) is 19.1 Å². The fourth-order valence-corrected chi connectivity index (χ4v) is 3.93. The highest BCUT2D eigenvalue weighted by Gasteiger charge is 2.20. The molecule has 130 valence electrons. The molecule has 8 heteroatoms. The Hall–Kier alpha value is -1.38. The number of nitrogens with one attached hydrogen (secondary N) is 1. The minimum atomic E-state index is -3.47. The summed E-state index contributed by atoms with van der Waals surface area (Å²) in [6.07, 6.45) is 5.83. The predicted molar refractivity (Wildman–Crippen MR) is 83.7 cm³/mol. The first-order chi connectivity index (χ1) is 10.9. The highest BCUT2D eigenvalue weighted by Crippen LogP contribution is 2.21. The van der Waals surface area contributed by atoms with Gasteiger partial charge in [0.1, 0.15) is 12.0 Å². The summed E-state index contributed by atoms with van der Waals surface area (Å²) in [5, 5.41) is 8.78. The van der Waals surface area contributed by atoms with E-state index in [1.807, 2.05) is 6.92 Å². The lowest BCUT2D eigenvalue weighted by atomic mass is 10.2. The molecule has 0 spiro atoms. The Balaban J connectivity index is 1.75. The summed E-state index contributed by atoms with van der Waals surface area (Å²) in [5.41, 5.74) is -0.00229. The number of carboxylic acids is 1. The van der Waals surface area contributed by atoms with Crippen LogP contribution in [0.2, 0.25) is 0 Å². The van der Waals surface area contributed by atoms with Crippen LogP contribution in [-0.2, 0) is 21.3 Å². The van der Waals surface area contributed by atoms with Gasteiger partial charge in [-0.25, -0.2) is 17.9 Å². The van der Waals surface area contributed by atoms with Crippen LogP contribution in [0.15, 0.2) is 16.7 Å². The maximum Gasteiger partial charge on any atom is 0.338 e. The van der Waals surface area contributed by atoms with Crippen molar-refractivity contribution in [2.45, 2.75) is 45.3 Å². The van der Waals surface area contributed by atoms with E-state index in [4.69, 9.17) is 14.3 Å². The molecule has 1 fully saturated rings. The normalized spacial score (nSPS) is 17.4. The van der Waals surface area contributed by atoms with Crippen molar-refractivity contribution in [1.82, 2.24) is 4.72 Å². The van der Waals surface area contributed by atoms with E-state index in [9.17, 15) is 13.2 Å². The SMILES string of the molecule is CC(COC1CCCC1)CS(=O)(=O)NCc1cc(C(=O)O)co1. The molecule has 1 aromatic heterocycles. The average Bonchev–Trinajstić information content (AvgIpc) is 3.14. The minimum Gasteiger partial charge on any atom is -0.478 e. The third kappa shape index (κ3) is 5.96. The van der Waals surface area contributed by atoms with Crippen molar-refractivity contribution in [3.8, 4) is 0 Å². The van der Waals surface area contributed by atoms with Crippen molar-refractivity contribution in [2.24, 2.45) is 5.92 Å². The highest BCUT2D eigenvalue weighted by atomic mass is 32.2. The van der Waals surface area contributed by atoms with E-state index < -0.39 is 16.0 Å². The van der Waals surface area contributed by atoms with Gasteiger partial charge in [0.25, 0.3) is 0 Å². The third-order valence-electron chi connectivity index (χ3n) is 3.79. The molecule has 0 saturated heterocycles. The second kappa shape index (κ2) is 7.94. The number of carboxylic acid groups (broad SMARTS) is 1. The van der Waals surface area contributed by atoms with Gasteiger partial charge in [-0.05, 0) is 24.8 Å². The van der Waals surface area contributed by atoms with Gasteiger partial charge < -0.3 is 14.3 Å². The van der Waals surface area contributed by atoms with Gasteiger partial charge in [-0.3, -0.25) is 0 Å². The molecular formula is C15H23NO6S. The highest BCUT2D eigenvalue weighted by molar-refractivity contribution is 7.89. The molecule has 2 rings (SSSR count). The van der Waals surface area contributed by atoms with Crippen molar-refractivity contribution in [1.29, 1.82) is 0 Å². The molecule has 1 unspecified atom stereocenters. The van der Waals surface area contributed by atoms with Crippen LogP contribution < -0.4 is 4.72 Å². The summed E-state index contributed by atoms with van der Waals surface area (Å²) < 4.78 is 37.2. The van der Waals surface area contributed by atoms with Crippen molar-refractivity contribution < 1.29 is 27.5 Å². The summed E-state index contributed by atoms with van der Waals surface area (Å²) in [5.74, 6) is -0.993. The molecule has 0 radical (unpaired) electrons. The number of furan rings is 1. The zero-order chi connectivity index (χ0) is 16.9. The van der Waals surface area contributed by atoms with Crippen molar-refractivity contribution in [3.63, 3.8) is 0 Å². The number of rotatable bonds is 9. The number of ether oxygens (including phenoxy) is 1. The van der Waals surface area contributed by atoms with E-state index in [1.165, 1.54) is 18.9 Å². The van der Waals surface area contributed by atoms with Crippen LogP contribution in [0.4, 0.5) is 0 Å². The Kier molecular flexibility index (Phi) is 6.20. The molecular weight excluding hydrogens is 322 g/mol. The van der Waals surface area contributed by atoms with Crippen LogP contribution in [0.5, 0.6) is 0 Å². The molecule has 1 aliphatic carbocycles. The van der Waals surface area contributed by atoms with E-state index in [0.29, 0.717) is 6.61 Å². The second-order valence-corrected chi connectivity index (χ2v) is 7.91. The molecule has 1 aromatic rings. The van der Waals surface area contributed by atoms with E-state index in [1.54, 1.807) is 0 Å². The minimum absolute atomic E-state index is 0.00229. The fraction of sp³-hybridized carbons (Fsp3) is 0.667. The standard InChI is InChI=1S/C15H23NO6S/c1-11(8-21-13-4-2-3-5-13)10-23(19,20)16-7-14-6-12(9-22-14)15(17)18/h6,9,11,13,16H,2-5,7-8,10H2,1H3,(H,17,18). The number of carbonyl (C=O) groups is 1. The number of hydrogen-bond acceptors (Lipinski definition) is 5. The van der Waals surface area contributed by atoms with Crippen molar-refractivity contribution in [2.75, 3.05) is 12.4 Å². The lowest BCUT2D eigenvalue weighted by Gasteiger charge is -2.16. The molecule has 7 nitrogen and oxygen atoms in total. The van der Waals surface area contributed by atoms with Crippen LogP contribution >= 0.6 is 0 Å². The maximum absolute atomic E-state index is 12.0. The Bertz CT molecular complexity index is 618. The number of hydrogen-bond donors (Lipinski definition) is 2. The molecule has 1 atom stereocenters. The molecule has 0 aromatic carbocycles. The fourth-order valence-electron chi connectivity index (χ4n) is 2.60. The van der Waals surface area contributed by atoms with Crippen LogP contribution in [-0.4, -0.2) is 38.0 Å². The zero-order valence-electron chi connectivity index (χ0n) is 13.2. The van der Waals surface area contributed by atoms with E-state index in [2.05, 4.69) is 4.72 Å². The van der Waals surface area contributed by atoms with Crippen molar-refractivity contribution >= 4 is 16.0 Å². The van der Waals surface area contributed by atoms with Gasteiger partial charge in [-0.2, -0.15) is 0 Å². The van der Waals surface area contributed by atoms with Gasteiger partial charge in [0.15, 0.2) is 0 Å². The monoisotopic (exact) mass is 345 g/mol. The lowest BCUT2D eigenvalue weighted by Crippen LogP contribution is -2.30. The molecule has 1 saturated carbocycles. The summed E-state index contributed by atoms with van der Waals surface area (Å²) in [6.45, 7) is 2.20. The van der Waals surface area contributed by atoms with Gasteiger partial charge in [0, 0.05) is 0 Å². The molecule has 2 N–H and O–H groups in total. The van der Waals surface area contributed by atoms with Crippen LogP contribution in [0.3, 0.4) is 0 Å². The molecule has 0 amide bonds. The third-order valence-corrected chi connectivity index (χ3v) is 5.38. The van der Waals surface area contributed by atoms with Crippen molar-refractivity contribution in [3.05, 3.63) is 23.7 Å². The van der Waals surface area contributed by atoms with E-state index in [-0.39, 0.29) is 35.6 Å². The Morgan fingerprint density at radius 3 is 2.78 bits per heavy atom. The molecule has 0 aliphatic heterocycles. The van der Waals surface area contributed by atoms with Gasteiger partial charge >= 0.3 is 5.97 Å². The van der Waals surface area contributed by atoms with E-state index >= 15 is 0 Å². The largest absolute Gasteiger partial charge is 0.478 e. The Morgan fingerprint density at radius 2 is 2.17 bits per heavy atom. The topological polar surface area (TPSA) is 106 Å². The Morgan fingerprint density at radius 1 is 1.48 bits per heavy atom. The molecule has 1 aliphatic rings. The predicted octanol–water partition coefficient (Wildman–Crippen LogP) is 1.99. The van der Waals surface area contributed by atoms with Gasteiger partial charge in [0.05, 0.1) is 30.6 Å². The number of sulfonamides is 1. The summed E-state index contributed by atoms with van der Waals surface area (Å²) >= 11 is 0. The first kappa shape index (κ1) is 18.0. The molecule has 23 heavy (non-hydrogen) atoms. The van der Waals surface area contributed by atoms with Crippen LogP contribution in [0.1, 0.15) is 48.7 Å². The van der Waals surface area contributed by atoms with Gasteiger partial charge in [-0.15, -0.1) is 0 Å². The smallest absolute Gasteiger partial charge is 0.338 e. The van der Waals surface area contributed by atoms with Crippen LogP contribution in [0.25, 0.3) is 0 Å². The summed E-state index contributed by atoms with van der Waals surface area (Å²) in [6, 6.07) is 1.30. The number of aromatic carboxylic acids is 1. The first-order valence-corrected chi connectivity index (χ1v) is 9.40. The summed E-state index contributed by atoms with van der Waals surface area (Å²) in [4.78, 5) is 10.7. The van der Waals surface area contributed by atoms with Crippen LogP contribution in [0, 0.1) is 5.92 Å². The quantitative estimate of drug-likeness (QED) is 0.709. The molecule has 1 heterocycles. The Labute approximate surface area is 136 Å². The molecule has 0 bridgehead atoms. The zero-order valence-corrected chi connectivity index (χ0v) is 14.0.